The van der Waals surface area contributed by atoms with Crippen molar-refractivity contribution in [1.29, 1.82) is 0 Å². The molecule has 3 N–H and O–H groups in total. The van der Waals surface area contributed by atoms with Crippen molar-refractivity contribution in [2.24, 2.45) is 5.73 Å². The summed E-state index contributed by atoms with van der Waals surface area (Å²) in [5.41, 5.74) is 7.36. The molecule has 1 aromatic rings. The SMILES string of the molecule is CC1COCCN1C[C@H]1CN[C@H](C)CN1CC(=O)N1c2ccccc2C(C(N)=O)C1C.Cl.Cl.Cl. The van der Waals surface area contributed by atoms with Gasteiger partial charge in [-0.25, -0.2) is 0 Å². The van der Waals surface area contributed by atoms with E-state index in [-0.39, 0.29) is 61.1 Å². The standard InChI is InChI=1S/C23H35N5O3.3ClH/c1-15-11-27(18(10-25-15)12-26-8-9-31-14-16(26)2)13-21(29)28-17(3)22(23(24)30)19-6-4-5-7-20(19)28;;;/h4-7,15-18,22,25H,8-14H2,1-3H3,(H2,24,30);3*1H/t15-,16?,17?,18-,22?;;;/m1.../s1. The van der Waals surface area contributed by atoms with E-state index in [2.05, 4.69) is 29.0 Å². The lowest BCUT2D eigenvalue weighted by molar-refractivity contribution is -0.122. The van der Waals surface area contributed by atoms with Gasteiger partial charge in [0, 0.05) is 56.0 Å². The Bertz CT molecular complexity index is 833. The van der Waals surface area contributed by atoms with Gasteiger partial charge in [-0.3, -0.25) is 19.4 Å². The highest BCUT2D eigenvalue weighted by Gasteiger charge is 2.42. The number of ether oxygens (including phenoxy) is 1. The number of benzene rings is 1. The van der Waals surface area contributed by atoms with Crippen LogP contribution in [0.25, 0.3) is 0 Å². The zero-order chi connectivity index (χ0) is 22.1. The molecule has 3 aliphatic heterocycles. The molecule has 0 radical (unpaired) electrons. The number of nitrogens with zero attached hydrogens (tertiary/aromatic N) is 3. The van der Waals surface area contributed by atoms with Crippen LogP contribution in [0.3, 0.4) is 0 Å². The molecule has 34 heavy (non-hydrogen) atoms. The summed E-state index contributed by atoms with van der Waals surface area (Å²) in [5, 5.41) is 3.57. The molecule has 3 unspecified atom stereocenters. The Labute approximate surface area is 221 Å². The van der Waals surface area contributed by atoms with E-state index in [4.69, 9.17) is 10.5 Å². The third-order valence-electron chi connectivity index (χ3n) is 7.01. The number of amides is 2. The number of para-hydroxylation sites is 1. The third-order valence-corrected chi connectivity index (χ3v) is 7.01. The van der Waals surface area contributed by atoms with E-state index in [1.165, 1.54) is 0 Å². The fourth-order valence-electron chi connectivity index (χ4n) is 5.31. The molecule has 3 heterocycles. The summed E-state index contributed by atoms with van der Waals surface area (Å²) in [7, 11) is 0. The summed E-state index contributed by atoms with van der Waals surface area (Å²) < 4.78 is 5.58. The van der Waals surface area contributed by atoms with Crippen LogP contribution in [-0.2, 0) is 14.3 Å². The van der Waals surface area contributed by atoms with Crippen LogP contribution < -0.4 is 16.0 Å². The molecular formula is C23H38Cl3N5O3. The first kappa shape index (κ1) is 30.9. The summed E-state index contributed by atoms with van der Waals surface area (Å²) in [4.78, 5) is 32.2. The van der Waals surface area contributed by atoms with Gasteiger partial charge in [0.25, 0.3) is 0 Å². The first-order valence-corrected chi connectivity index (χ1v) is 11.4. The molecule has 1 aromatic carbocycles. The highest BCUT2D eigenvalue weighted by molar-refractivity contribution is 6.01. The molecule has 5 atom stereocenters. The highest BCUT2D eigenvalue weighted by Crippen LogP contribution is 2.40. The maximum absolute atomic E-state index is 13.5. The Kier molecular flexibility index (Phi) is 12.0. The van der Waals surface area contributed by atoms with Crippen LogP contribution in [0.4, 0.5) is 5.69 Å². The van der Waals surface area contributed by atoms with E-state index in [1.807, 2.05) is 31.2 Å². The summed E-state index contributed by atoms with van der Waals surface area (Å²) >= 11 is 0. The number of nitrogens with one attached hydrogen (secondary N) is 1. The van der Waals surface area contributed by atoms with Gasteiger partial charge in [0.2, 0.25) is 11.8 Å². The van der Waals surface area contributed by atoms with Gasteiger partial charge in [-0.05, 0) is 32.4 Å². The van der Waals surface area contributed by atoms with Crippen molar-refractivity contribution in [3.63, 3.8) is 0 Å². The summed E-state index contributed by atoms with van der Waals surface area (Å²) in [6, 6.07) is 8.31. The van der Waals surface area contributed by atoms with Crippen LogP contribution in [0.15, 0.2) is 24.3 Å². The van der Waals surface area contributed by atoms with E-state index < -0.39 is 5.92 Å². The average molecular weight is 539 g/mol. The first-order valence-electron chi connectivity index (χ1n) is 11.4. The number of halogens is 3. The number of hydrogen-bond donors (Lipinski definition) is 2. The van der Waals surface area contributed by atoms with Crippen molar-refractivity contribution in [2.75, 3.05) is 50.8 Å². The molecular weight excluding hydrogens is 501 g/mol. The van der Waals surface area contributed by atoms with E-state index >= 15 is 0 Å². The predicted octanol–water partition coefficient (Wildman–Crippen LogP) is 1.64. The van der Waals surface area contributed by atoms with Crippen LogP contribution in [0.5, 0.6) is 0 Å². The van der Waals surface area contributed by atoms with Gasteiger partial charge in [0.1, 0.15) is 0 Å². The molecule has 0 aliphatic carbocycles. The number of fused-ring (bicyclic) bond motifs is 1. The van der Waals surface area contributed by atoms with Crippen LogP contribution in [0.2, 0.25) is 0 Å². The molecule has 194 valence electrons. The lowest BCUT2D eigenvalue weighted by Gasteiger charge is -2.44. The topological polar surface area (TPSA) is 91.1 Å². The maximum Gasteiger partial charge on any atom is 0.241 e. The van der Waals surface area contributed by atoms with Crippen molar-refractivity contribution in [3.8, 4) is 0 Å². The van der Waals surface area contributed by atoms with Gasteiger partial charge in [-0.1, -0.05) is 18.2 Å². The second kappa shape index (κ2) is 13.3. The molecule has 2 amide bonds. The summed E-state index contributed by atoms with van der Waals surface area (Å²) in [6.45, 7) is 11.6. The fourth-order valence-corrected chi connectivity index (χ4v) is 5.31. The summed E-state index contributed by atoms with van der Waals surface area (Å²) in [6.07, 6.45) is 0. The van der Waals surface area contributed by atoms with Gasteiger partial charge >= 0.3 is 0 Å². The Hall–Kier alpha value is -1.13. The van der Waals surface area contributed by atoms with Gasteiger partial charge < -0.3 is 20.7 Å². The second-order valence-electron chi connectivity index (χ2n) is 9.25. The molecule has 8 nitrogen and oxygen atoms in total. The molecule has 0 bridgehead atoms. The van der Waals surface area contributed by atoms with Crippen molar-refractivity contribution in [2.45, 2.75) is 50.9 Å². The quantitative estimate of drug-likeness (QED) is 0.592. The van der Waals surface area contributed by atoms with Gasteiger partial charge in [-0.2, -0.15) is 0 Å². The van der Waals surface area contributed by atoms with Crippen LogP contribution in [0.1, 0.15) is 32.3 Å². The molecule has 4 rings (SSSR count). The number of primary amides is 1. The zero-order valence-electron chi connectivity index (χ0n) is 20.0. The predicted molar refractivity (Wildman–Crippen MR) is 142 cm³/mol. The van der Waals surface area contributed by atoms with E-state index in [0.29, 0.717) is 18.6 Å². The molecule has 0 saturated carbocycles. The number of nitrogens with two attached hydrogens (primary N) is 1. The Morgan fingerprint density at radius 2 is 1.82 bits per heavy atom. The molecule has 2 fully saturated rings. The summed E-state index contributed by atoms with van der Waals surface area (Å²) in [5.74, 6) is -0.824. The van der Waals surface area contributed by atoms with Crippen LogP contribution in [-0.4, -0.2) is 91.7 Å². The van der Waals surface area contributed by atoms with E-state index in [9.17, 15) is 9.59 Å². The molecule has 2 saturated heterocycles. The van der Waals surface area contributed by atoms with Gasteiger partial charge in [-0.15, -0.1) is 37.2 Å². The fraction of sp³-hybridized carbons (Fsp3) is 0.652. The lowest BCUT2D eigenvalue weighted by Crippen LogP contribution is -2.62. The number of morpholine rings is 1. The monoisotopic (exact) mass is 537 g/mol. The Morgan fingerprint density at radius 1 is 1.12 bits per heavy atom. The lowest BCUT2D eigenvalue weighted by atomic mass is 9.95. The number of anilines is 1. The minimum Gasteiger partial charge on any atom is -0.379 e. The zero-order valence-corrected chi connectivity index (χ0v) is 22.5. The first-order chi connectivity index (χ1) is 14.9. The Balaban J connectivity index is 0.00000193. The largest absolute Gasteiger partial charge is 0.379 e. The van der Waals surface area contributed by atoms with Crippen molar-refractivity contribution >= 4 is 54.7 Å². The Morgan fingerprint density at radius 3 is 2.50 bits per heavy atom. The number of carbonyl (C=O) groups excluding carboxylic acids is 2. The molecule has 11 heteroatoms. The number of rotatable bonds is 5. The van der Waals surface area contributed by atoms with Crippen LogP contribution in [0, 0.1) is 0 Å². The molecule has 0 aromatic heterocycles. The third kappa shape index (κ3) is 6.35. The van der Waals surface area contributed by atoms with E-state index in [0.717, 1.165) is 50.6 Å². The van der Waals surface area contributed by atoms with Crippen molar-refractivity contribution in [3.05, 3.63) is 29.8 Å². The smallest absolute Gasteiger partial charge is 0.241 e. The minimum atomic E-state index is -0.466. The van der Waals surface area contributed by atoms with Crippen LogP contribution >= 0.6 is 37.2 Å². The van der Waals surface area contributed by atoms with Gasteiger partial charge in [0.15, 0.2) is 0 Å². The molecule has 0 spiro atoms. The second-order valence-corrected chi connectivity index (χ2v) is 9.25. The van der Waals surface area contributed by atoms with Crippen molar-refractivity contribution < 1.29 is 14.3 Å². The number of hydrogen-bond acceptors (Lipinski definition) is 6. The minimum absolute atomic E-state index is 0. The average Bonchev–Trinajstić information content (AvgIpc) is 3.03. The van der Waals surface area contributed by atoms with E-state index in [1.54, 1.807) is 4.90 Å². The highest BCUT2D eigenvalue weighted by atomic mass is 35.5. The maximum atomic E-state index is 13.5. The van der Waals surface area contributed by atoms with Gasteiger partial charge in [0.05, 0.1) is 25.7 Å². The number of carbonyl (C=O) groups is 2. The molecule has 3 aliphatic rings. The number of piperazine rings is 1. The van der Waals surface area contributed by atoms with Crippen molar-refractivity contribution in [1.82, 2.24) is 15.1 Å². The normalized spacial score (nSPS) is 29.3.